The first-order valence-corrected chi connectivity index (χ1v) is 10.3. The fourth-order valence-corrected chi connectivity index (χ4v) is 4.29. The zero-order chi connectivity index (χ0) is 22.0. The van der Waals surface area contributed by atoms with Gasteiger partial charge in [0.2, 0.25) is 5.88 Å². The summed E-state index contributed by atoms with van der Waals surface area (Å²) >= 11 is 0. The number of anilines is 2. The molecule has 4 heterocycles. The van der Waals surface area contributed by atoms with Gasteiger partial charge in [-0.15, -0.1) is 0 Å². The molecule has 1 unspecified atom stereocenters. The number of hydrogen-bond donors (Lipinski definition) is 2. The minimum absolute atomic E-state index is 0.352. The molecule has 0 bridgehead atoms. The second kappa shape index (κ2) is 6.62. The van der Waals surface area contributed by atoms with Gasteiger partial charge in [0.25, 0.3) is 0 Å². The molecule has 8 nitrogen and oxygen atoms in total. The van der Waals surface area contributed by atoms with Gasteiger partial charge in [0, 0.05) is 17.9 Å². The van der Waals surface area contributed by atoms with Crippen molar-refractivity contribution in [3.63, 3.8) is 0 Å². The van der Waals surface area contributed by atoms with Gasteiger partial charge in [-0.05, 0) is 68.7 Å². The Labute approximate surface area is 180 Å². The first-order chi connectivity index (χ1) is 14.7. The molecule has 31 heavy (non-hydrogen) atoms. The van der Waals surface area contributed by atoms with Crippen LogP contribution in [0.3, 0.4) is 0 Å². The molecule has 1 fully saturated rings. The molecule has 2 aliphatic rings. The van der Waals surface area contributed by atoms with Gasteiger partial charge in [-0.3, -0.25) is 0 Å². The van der Waals surface area contributed by atoms with E-state index in [0.717, 1.165) is 29.2 Å². The summed E-state index contributed by atoms with van der Waals surface area (Å²) in [6.45, 7) is 5.71. The summed E-state index contributed by atoms with van der Waals surface area (Å²) in [5, 5.41) is 5.00. The van der Waals surface area contributed by atoms with E-state index in [2.05, 4.69) is 27.2 Å². The van der Waals surface area contributed by atoms with Crippen molar-refractivity contribution in [3.05, 3.63) is 47.4 Å². The van der Waals surface area contributed by atoms with Crippen LogP contribution in [0.4, 0.5) is 11.6 Å². The highest BCUT2D eigenvalue weighted by Crippen LogP contribution is 2.46. The van der Waals surface area contributed by atoms with E-state index in [9.17, 15) is 4.79 Å². The minimum atomic E-state index is -0.765. The van der Waals surface area contributed by atoms with E-state index in [1.54, 1.807) is 25.4 Å². The van der Waals surface area contributed by atoms with Gasteiger partial charge >= 0.3 is 5.97 Å². The lowest BCUT2D eigenvalue weighted by Crippen LogP contribution is -2.35. The van der Waals surface area contributed by atoms with Crippen LogP contribution in [0.2, 0.25) is 0 Å². The van der Waals surface area contributed by atoms with E-state index < -0.39 is 11.1 Å². The molecule has 5 rings (SSSR count). The predicted octanol–water partition coefficient (Wildman–Crippen LogP) is 3.77. The number of aromatic nitrogens is 3. The number of ether oxygens (including phenoxy) is 2. The molecule has 3 aromatic rings. The van der Waals surface area contributed by atoms with E-state index in [0.29, 0.717) is 34.7 Å². The summed E-state index contributed by atoms with van der Waals surface area (Å²) in [6.07, 6.45) is 5.78. The number of carbonyl (C=O) groups excluding carboxylic acids is 1. The number of pyridine rings is 3. The maximum Gasteiger partial charge on any atom is 0.341 e. The van der Waals surface area contributed by atoms with Gasteiger partial charge in [0.1, 0.15) is 22.9 Å². The van der Waals surface area contributed by atoms with Gasteiger partial charge in [-0.2, -0.15) is 0 Å². The fraction of sp³-hybridized carbons (Fsp3) is 0.391. The Kier molecular flexibility index (Phi) is 4.20. The first kappa shape index (κ1) is 19.7. The highest BCUT2D eigenvalue weighted by atomic mass is 16.6. The number of methoxy groups -OCH3 is 1. The Balaban J connectivity index is 1.57. The topological polar surface area (TPSA) is 112 Å². The van der Waals surface area contributed by atoms with Crippen molar-refractivity contribution in [1.29, 1.82) is 0 Å². The zero-order valence-corrected chi connectivity index (χ0v) is 18.0. The largest absolute Gasteiger partial charge is 0.481 e. The average Bonchev–Trinajstić information content (AvgIpc) is 3.55. The second-order valence-corrected chi connectivity index (χ2v) is 8.97. The molecule has 0 aromatic carbocycles. The first-order valence-electron chi connectivity index (χ1n) is 10.3. The summed E-state index contributed by atoms with van der Waals surface area (Å²) in [7, 11) is 1.59. The van der Waals surface area contributed by atoms with Crippen LogP contribution in [-0.4, -0.2) is 28.0 Å². The molecular weight excluding hydrogens is 394 g/mol. The van der Waals surface area contributed by atoms with E-state index in [-0.39, 0.29) is 5.97 Å². The predicted molar refractivity (Wildman–Crippen MR) is 116 cm³/mol. The zero-order valence-electron chi connectivity index (χ0n) is 18.0. The van der Waals surface area contributed by atoms with E-state index in [1.807, 2.05) is 26.1 Å². The lowest BCUT2D eigenvalue weighted by atomic mass is 9.86. The van der Waals surface area contributed by atoms with Gasteiger partial charge in [0.05, 0.1) is 18.1 Å². The standard InChI is InChI=1S/C23H25N5O3/c1-22(2)19-13(21(29)31-22)7-8-17(28-19)27-18-9-14-15(10-25-18)20(30-4)26-11-16(14)23(3,24)12-5-6-12/h7-12H,5-6,24H2,1-4H3,(H,25,27,28). The molecule has 0 saturated heterocycles. The van der Waals surface area contributed by atoms with Crippen molar-refractivity contribution in [2.24, 2.45) is 11.7 Å². The normalized spacial score (nSPS) is 18.9. The molecule has 3 N–H and O–H groups in total. The lowest BCUT2D eigenvalue weighted by molar-refractivity contribution is 0.00834. The van der Waals surface area contributed by atoms with Crippen molar-refractivity contribution >= 4 is 28.4 Å². The fourth-order valence-electron chi connectivity index (χ4n) is 4.29. The Bertz CT molecular complexity index is 1220. The van der Waals surface area contributed by atoms with Crippen molar-refractivity contribution in [3.8, 4) is 5.88 Å². The maximum absolute atomic E-state index is 12.0. The van der Waals surface area contributed by atoms with Crippen LogP contribution < -0.4 is 15.8 Å². The van der Waals surface area contributed by atoms with Crippen LogP contribution in [0.5, 0.6) is 5.88 Å². The smallest absolute Gasteiger partial charge is 0.341 e. The molecule has 0 amide bonds. The van der Waals surface area contributed by atoms with Gasteiger partial charge < -0.3 is 20.5 Å². The van der Waals surface area contributed by atoms with Crippen LogP contribution in [-0.2, 0) is 15.9 Å². The number of cyclic esters (lactones) is 1. The number of carbonyl (C=O) groups is 1. The third-order valence-electron chi connectivity index (χ3n) is 6.22. The highest BCUT2D eigenvalue weighted by Gasteiger charge is 2.41. The number of esters is 1. The quantitative estimate of drug-likeness (QED) is 0.601. The number of fused-ring (bicyclic) bond motifs is 2. The van der Waals surface area contributed by atoms with E-state index in [4.69, 9.17) is 15.2 Å². The third-order valence-corrected chi connectivity index (χ3v) is 6.22. The van der Waals surface area contributed by atoms with Crippen LogP contribution in [0.25, 0.3) is 10.8 Å². The number of hydrogen-bond acceptors (Lipinski definition) is 8. The minimum Gasteiger partial charge on any atom is -0.481 e. The average molecular weight is 419 g/mol. The number of nitrogens with two attached hydrogens (primary N) is 1. The molecule has 1 aliphatic carbocycles. The van der Waals surface area contributed by atoms with Crippen LogP contribution in [0, 0.1) is 5.92 Å². The summed E-state index contributed by atoms with van der Waals surface area (Å²) in [6, 6.07) is 5.42. The Morgan fingerprint density at radius 1 is 1.19 bits per heavy atom. The SMILES string of the molecule is COc1ncc(C(C)(N)C2CC2)c2cc(Nc3ccc4c(n3)C(C)(C)OC4=O)ncc12. The molecule has 1 atom stereocenters. The molecule has 8 heteroatoms. The molecule has 1 saturated carbocycles. The summed E-state index contributed by atoms with van der Waals surface area (Å²) in [5.74, 6) is 1.79. The number of rotatable bonds is 5. The van der Waals surface area contributed by atoms with Gasteiger partial charge in [-0.1, -0.05) is 0 Å². The second-order valence-electron chi connectivity index (χ2n) is 8.97. The molecule has 1 aliphatic heterocycles. The van der Waals surface area contributed by atoms with Crippen LogP contribution in [0.15, 0.2) is 30.6 Å². The Morgan fingerprint density at radius 2 is 1.97 bits per heavy atom. The monoisotopic (exact) mass is 419 g/mol. The molecule has 0 radical (unpaired) electrons. The highest BCUT2D eigenvalue weighted by molar-refractivity contribution is 5.94. The lowest BCUT2D eigenvalue weighted by Gasteiger charge is -2.26. The maximum atomic E-state index is 12.0. The van der Waals surface area contributed by atoms with Crippen LogP contribution >= 0.6 is 0 Å². The Hall–Kier alpha value is -3.26. The summed E-state index contributed by atoms with van der Waals surface area (Å²) in [5.41, 5.74) is 7.55. The van der Waals surface area contributed by atoms with E-state index >= 15 is 0 Å². The van der Waals surface area contributed by atoms with Gasteiger partial charge in [0.15, 0.2) is 0 Å². The molecule has 3 aromatic heterocycles. The van der Waals surface area contributed by atoms with Crippen molar-refractivity contribution < 1.29 is 14.3 Å². The third kappa shape index (κ3) is 3.18. The van der Waals surface area contributed by atoms with Gasteiger partial charge in [-0.25, -0.2) is 19.7 Å². The molecule has 0 spiro atoms. The molecular formula is C23H25N5O3. The molecule has 160 valence electrons. The summed E-state index contributed by atoms with van der Waals surface area (Å²) in [4.78, 5) is 25.6. The van der Waals surface area contributed by atoms with Crippen LogP contribution in [0.1, 0.15) is 55.2 Å². The van der Waals surface area contributed by atoms with E-state index in [1.165, 1.54) is 0 Å². The Morgan fingerprint density at radius 3 is 2.68 bits per heavy atom. The number of nitrogens with zero attached hydrogens (tertiary/aromatic N) is 3. The summed E-state index contributed by atoms with van der Waals surface area (Å²) < 4.78 is 10.9. The van der Waals surface area contributed by atoms with Crippen molar-refractivity contribution in [1.82, 2.24) is 15.0 Å². The van der Waals surface area contributed by atoms with Crippen molar-refractivity contribution in [2.45, 2.75) is 44.8 Å². The van der Waals surface area contributed by atoms with Crippen molar-refractivity contribution in [2.75, 3.05) is 12.4 Å². The number of nitrogens with one attached hydrogen (secondary N) is 1.